The largest absolute Gasteiger partial charge is 0.0568 e. The van der Waals surface area contributed by atoms with Crippen molar-refractivity contribution in [2.45, 2.75) is 11.8 Å². The van der Waals surface area contributed by atoms with Gasteiger partial charge >= 0.3 is 0 Å². The van der Waals surface area contributed by atoms with Gasteiger partial charge in [0.2, 0.25) is 0 Å². The SMILES string of the molecule is Brc1ccc2ccc(C(c3ccc4ccc(Br)ccc3-4)c3cc(C(c4ccc5ccc(Br)ccc4-5)c4ccc5ccc(Br)ccc4-5)c4ccc(Br)ccc3-4)c-2cc1. The van der Waals surface area contributed by atoms with Gasteiger partial charge < -0.3 is 0 Å². The summed E-state index contributed by atoms with van der Waals surface area (Å²) in [4.78, 5) is 0. The summed E-state index contributed by atoms with van der Waals surface area (Å²) in [6.45, 7) is 0. The maximum atomic E-state index is 3.86. The monoisotopic (exact) mass is 1050 g/mol. The Hall–Kier alpha value is -4.10. The summed E-state index contributed by atoms with van der Waals surface area (Å²) in [6, 6.07) is 65.3. The molecule has 0 nitrogen and oxygen atoms in total. The second-order valence-corrected chi connectivity index (χ2v) is 19.2. The van der Waals surface area contributed by atoms with Gasteiger partial charge in [0.05, 0.1) is 0 Å². The third kappa shape index (κ3) is 6.80. The first-order chi connectivity index (χ1) is 27.8. The van der Waals surface area contributed by atoms with Crippen molar-refractivity contribution in [3.8, 4) is 55.6 Å². The molecule has 0 spiro atoms. The minimum Gasteiger partial charge on any atom is -0.0568 e. The zero-order valence-corrected chi connectivity index (χ0v) is 38.2. The molecule has 0 saturated heterocycles. The van der Waals surface area contributed by atoms with E-state index in [1.165, 1.54) is 89.0 Å². The number of hydrogen-bond acceptors (Lipinski definition) is 0. The van der Waals surface area contributed by atoms with Crippen LogP contribution in [0.15, 0.2) is 198 Å². The molecule has 0 aromatic rings. The maximum absolute atomic E-state index is 3.86. The Morgan fingerprint density at radius 1 is 0.211 bits per heavy atom. The molecule has 0 N–H and O–H groups in total. The highest BCUT2D eigenvalue weighted by Gasteiger charge is 2.34. The van der Waals surface area contributed by atoms with Crippen molar-refractivity contribution in [1.82, 2.24) is 0 Å². The molecule has 0 unspecified atom stereocenters. The predicted molar refractivity (Wildman–Crippen MR) is 256 cm³/mol. The van der Waals surface area contributed by atoms with Gasteiger partial charge in [-0.1, -0.05) is 195 Å². The van der Waals surface area contributed by atoms with E-state index in [9.17, 15) is 0 Å². The molecule has 0 fully saturated rings. The summed E-state index contributed by atoms with van der Waals surface area (Å²) >= 11 is 18.9. The molecule has 0 saturated carbocycles. The lowest BCUT2D eigenvalue weighted by molar-refractivity contribution is 0.984. The molecular weight excluding hydrogens is 1020 g/mol. The molecule has 10 rings (SSSR count). The van der Waals surface area contributed by atoms with Gasteiger partial charge in [0.25, 0.3) is 0 Å². The summed E-state index contributed by atoms with van der Waals surface area (Å²) in [5.41, 5.74) is 20.1. The summed E-state index contributed by atoms with van der Waals surface area (Å²) < 4.78 is 5.27. The molecule has 57 heavy (non-hydrogen) atoms. The molecule has 0 aromatic heterocycles. The lowest BCUT2D eigenvalue weighted by Gasteiger charge is -2.21. The summed E-state index contributed by atoms with van der Waals surface area (Å²) in [7, 11) is 0. The Kier molecular flexibility index (Phi) is 9.95. The second-order valence-electron chi connectivity index (χ2n) is 14.6. The Morgan fingerprint density at radius 3 is 0.684 bits per heavy atom. The lowest BCUT2D eigenvalue weighted by atomic mass is 9.82. The Balaban J connectivity index is 1.30. The highest BCUT2D eigenvalue weighted by atomic mass is 79.9. The molecule has 0 aliphatic heterocycles. The molecule has 0 heterocycles. The van der Waals surface area contributed by atoms with Crippen molar-refractivity contribution < 1.29 is 0 Å². The first kappa shape index (κ1) is 37.2. The highest BCUT2D eigenvalue weighted by molar-refractivity contribution is 9.11. The van der Waals surface area contributed by atoms with Crippen LogP contribution in [0.3, 0.4) is 0 Å². The van der Waals surface area contributed by atoms with E-state index >= 15 is 0 Å². The highest BCUT2D eigenvalue weighted by Crippen LogP contribution is 2.54. The first-order valence-electron chi connectivity index (χ1n) is 18.8. The van der Waals surface area contributed by atoms with Crippen LogP contribution < -0.4 is 0 Å². The molecule has 0 radical (unpaired) electrons. The molecular formula is C52H31Br5. The molecule has 5 heteroatoms. The van der Waals surface area contributed by atoms with Gasteiger partial charge in [0.1, 0.15) is 0 Å². The van der Waals surface area contributed by atoms with Crippen LogP contribution in [0.4, 0.5) is 0 Å². The minimum atomic E-state index is -0.0595. The van der Waals surface area contributed by atoms with Crippen molar-refractivity contribution in [3.05, 3.63) is 232 Å². The van der Waals surface area contributed by atoms with Crippen molar-refractivity contribution in [3.63, 3.8) is 0 Å². The van der Waals surface area contributed by atoms with Gasteiger partial charge in [-0.05, 0) is 150 Å². The molecule has 274 valence electrons. The van der Waals surface area contributed by atoms with Gasteiger partial charge in [0.15, 0.2) is 0 Å². The number of rotatable bonds is 6. The quantitative estimate of drug-likeness (QED) is 0.156. The number of halogens is 5. The van der Waals surface area contributed by atoms with Gasteiger partial charge in [-0.3, -0.25) is 0 Å². The first-order valence-corrected chi connectivity index (χ1v) is 22.7. The van der Waals surface area contributed by atoms with E-state index in [1.54, 1.807) is 0 Å². The standard InChI is InChI=1S/C52H31Br5/c53-34-9-1-30-5-19-45(39(30)23-13-34)51(46-20-6-31-2-10-35(54)14-24-40(31)46)49-29-50(44-28-18-38(57)17-27-43(44)49)52(47-21-7-32-3-11-36(55)15-25-41(32)47)48-22-8-33-4-12-37(56)16-26-42(33)48/h1-29,51-52H. The van der Waals surface area contributed by atoms with Gasteiger partial charge in [0, 0.05) is 34.2 Å². The zero-order chi connectivity index (χ0) is 38.8. The van der Waals surface area contributed by atoms with Crippen LogP contribution in [0.2, 0.25) is 0 Å². The summed E-state index contributed by atoms with van der Waals surface area (Å²) in [5.74, 6) is -0.119. The fraction of sp³-hybridized carbons (Fsp3) is 0.0385. The molecule has 10 aliphatic carbocycles. The van der Waals surface area contributed by atoms with Crippen molar-refractivity contribution >= 4 is 79.6 Å². The fourth-order valence-corrected chi connectivity index (χ4v) is 10.2. The molecule has 10 aliphatic rings. The normalized spacial score (nSPS) is 11.9. The third-order valence-electron chi connectivity index (χ3n) is 11.5. The van der Waals surface area contributed by atoms with Crippen LogP contribution in [0.5, 0.6) is 0 Å². The zero-order valence-electron chi connectivity index (χ0n) is 30.3. The van der Waals surface area contributed by atoms with Crippen LogP contribution >= 0.6 is 79.6 Å². The van der Waals surface area contributed by atoms with E-state index in [0.29, 0.717) is 0 Å². The van der Waals surface area contributed by atoms with Gasteiger partial charge in [-0.25, -0.2) is 0 Å². The van der Waals surface area contributed by atoms with E-state index in [1.807, 2.05) is 0 Å². The van der Waals surface area contributed by atoms with Crippen molar-refractivity contribution in [2.75, 3.05) is 0 Å². The summed E-state index contributed by atoms with van der Waals surface area (Å²) in [5, 5.41) is 0. The topological polar surface area (TPSA) is 0 Å². The van der Waals surface area contributed by atoms with Crippen molar-refractivity contribution in [1.29, 1.82) is 0 Å². The average Bonchev–Trinajstić information content (AvgIpc) is 3.94. The van der Waals surface area contributed by atoms with Crippen LogP contribution in [-0.2, 0) is 0 Å². The fourth-order valence-electron chi connectivity index (χ4n) is 8.88. The number of fused-ring (bicyclic) bond motifs is 5. The van der Waals surface area contributed by atoms with Crippen molar-refractivity contribution in [2.24, 2.45) is 0 Å². The van der Waals surface area contributed by atoms with E-state index in [0.717, 1.165) is 22.4 Å². The van der Waals surface area contributed by atoms with Crippen LogP contribution in [-0.4, -0.2) is 0 Å². The summed E-state index contributed by atoms with van der Waals surface area (Å²) in [6.07, 6.45) is 0. The van der Waals surface area contributed by atoms with E-state index < -0.39 is 0 Å². The van der Waals surface area contributed by atoms with Crippen LogP contribution in [0.25, 0.3) is 55.6 Å². The number of hydrogen-bond donors (Lipinski definition) is 0. The Labute approximate surface area is 375 Å². The van der Waals surface area contributed by atoms with Gasteiger partial charge in [-0.2, -0.15) is 0 Å². The molecule has 0 aromatic carbocycles. The van der Waals surface area contributed by atoms with Gasteiger partial charge in [-0.15, -0.1) is 0 Å². The Bertz CT molecular complexity index is 2590. The molecule has 0 atom stereocenters. The van der Waals surface area contributed by atoms with Crippen LogP contribution in [0, 0.1) is 0 Å². The van der Waals surface area contributed by atoms with E-state index in [2.05, 4.69) is 256 Å². The third-order valence-corrected chi connectivity index (χ3v) is 14.1. The molecule has 0 bridgehead atoms. The predicted octanol–water partition coefficient (Wildman–Crippen LogP) is 17.4. The second kappa shape index (κ2) is 15.3. The smallest absolute Gasteiger partial charge is 0.0358 e. The average molecular weight is 1060 g/mol. The van der Waals surface area contributed by atoms with E-state index in [-0.39, 0.29) is 11.8 Å². The minimum absolute atomic E-state index is 0.0595. The molecule has 0 amide bonds. The van der Waals surface area contributed by atoms with E-state index in [4.69, 9.17) is 0 Å². The Morgan fingerprint density at radius 2 is 0.421 bits per heavy atom. The lowest BCUT2D eigenvalue weighted by Crippen LogP contribution is -2.04. The maximum Gasteiger partial charge on any atom is 0.0358 e. The van der Waals surface area contributed by atoms with Crippen LogP contribution in [0.1, 0.15) is 45.2 Å².